The summed E-state index contributed by atoms with van der Waals surface area (Å²) in [4.78, 5) is 14.9. The number of hydrogen-bond acceptors (Lipinski definition) is 4. The van der Waals surface area contributed by atoms with Crippen LogP contribution in [0.5, 0.6) is 5.75 Å². The molecule has 0 aliphatic carbocycles. The molecule has 2 aliphatic rings. The smallest absolute Gasteiger partial charge is 0.245 e. The van der Waals surface area contributed by atoms with Crippen LogP contribution in [0.3, 0.4) is 0 Å². The molecule has 2 aromatic rings. The van der Waals surface area contributed by atoms with Crippen LogP contribution in [0, 0.1) is 18.7 Å². The maximum atomic E-state index is 14.1. The van der Waals surface area contributed by atoms with Crippen molar-refractivity contribution in [3.8, 4) is 5.75 Å². The molecule has 0 spiro atoms. The van der Waals surface area contributed by atoms with E-state index in [0.29, 0.717) is 25.1 Å². The number of ether oxygens (including phenoxy) is 1. The molecule has 8 heteroatoms. The van der Waals surface area contributed by atoms with Crippen LogP contribution in [0.1, 0.15) is 30.4 Å². The molecule has 0 N–H and O–H groups in total. The third kappa shape index (κ3) is 3.94. The lowest BCUT2D eigenvalue weighted by Gasteiger charge is -2.37. The number of aryl methyl sites for hydroxylation is 1. The largest absolute Gasteiger partial charge is 0.495 e. The molecule has 2 heterocycles. The minimum atomic E-state index is -3.92. The minimum Gasteiger partial charge on any atom is -0.495 e. The summed E-state index contributed by atoms with van der Waals surface area (Å²) in [6.45, 7) is 3.05. The van der Waals surface area contributed by atoms with Gasteiger partial charge in [-0.2, -0.15) is 4.31 Å². The zero-order valence-electron chi connectivity index (χ0n) is 17.8. The highest BCUT2D eigenvalue weighted by Gasteiger charge is 2.37. The second-order valence-electron chi connectivity index (χ2n) is 8.11. The fraction of sp³-hybridized carbons (Fsp3) is 0.435. The average molecular weight is 447 g/mol. The van der Waals surface area contributed by atoms with E-state index in [1.807, 2.05) is 24.0 Å². The number of anilines is 1. The number of sulfonamides is 1. The molecule has 2 aliphatic heterocycles. The SMILES string of the molecule is COc1ccc(C)c2c1N(C(=O)C1CCN(S(=O)(=O)c3ccccc3F)CC1)CCC2. The van der Waals surface area contributed by atoms with Gasteiger partial charge in [0.1, 0.15) is 16.5 Å². The number of carbonyl (C=O) groups excluding carboxylic acids is 1. The molecule has 31 heavy (non-hydrogen) atoms. The number of amides is 1. The van der Waals surface area contributed by atoms with E-state index in [-0.39, 0.29) is 29.8 Å². The molecule has 1 saturated heterocycles. The highest BCUT2D eigenvalue weighted by atomic mass is 32.2. The fourth-order valence-corrected chi connectivity index (χ4v) is 6.13. The lowest BCUT2D eigenvalue weighted by Crippen LogP contribution is -2.46. The van der Waals surface area contributed by atoms with E-state index in [0.717, 1.165) is 35.7 Å². The number of halogens is 1. The van der Waals surface area contributed by atoms with Crippen molar-refractivity contribution < 1.29 is 22.3 Å². The Morgan fingerprint density at radius 2 is 1.81 bits per heavy atom. The maximum Gasteiger partial charge on any atom is 0.245 e. The van der Waals surface area contributed by atoms with Crippen molar-refractivity contribution in [1.82, 2.24) is 4.31 Å². The van der Waals surface area contributed by atoms with Crippen LogP contribution in [0.4, 0.5) is 10.1 Å². The predicted octanol–water partition coefficient (Wildman–Crippen LogP) is 3.52. The summed E-state index contributed by atoms with van der Waals surface area (Å²) in [5.74, 6) is -0.336. The zero-order chi connectivity index (χ0) is 22.2. The Labute approximate surface area is 182 Å². The molecule has 1 fully saturated rings. The van der Waals surface area contributed by atoms with Gasteiger partial charge < -0.3 is 9.64 Å². The quantitative estimate of drug-likeness (QED) is 0.721. The molecular formula is C23H27FN2O4S. The van der Waals surface area contributed by atoms with E-state index in [1.54, 1.807) is 7.11 Å². The van der Waals surface area contributed by atoms with Gasteiger partial charge in [-0.3, -0.25) is 4.79 Å². The van der Waals surface area contributed by atoms with Gasteiger partial charge >= 0.3 is 0 Å². The summed E-state index contributed by atoms with van der Waals surface area (Å²) < 4.78 is 46.6. The Kier molecular flexibility index (Phi) is 6.03. The summed E-state index contributed by atoms with van der Waals surface area (Å²) in [6, 6.07) is 9.30. The molecule has 0 saturated carbocycles. The Balaban J connectivity index is 1.52. The molecule has 6 nitrogen and oxygen atoms in total. The standard InChI is InChI=1S/C23H27FN2O4S/c1-16-9-10-20(30-2)22-18(16)6-5-13-26(22)23(27)17-11-14-25(15-12-17)31(28,29)21-8-4-3-7-19(21)24/h3-4,7-10,17H,5-6,11-15H2,1-2H3. The number of fused-ring (bicyclic) bond motifs is 1. The first kappa shape index (κ1) is 21.8. The summed E-state index contributed by atoms with van der Waals surface area (Å²) in [5.41, 5.74) is 3.12. The molecule has 0 atom stereocenters. The zero-order valence-corrected chi connectivity index (χ0v) is 18.6. The van der Waals surface area contributed by atoms with E-state index in [1.165, 1.54) is 22.5 Å². The van der Waals surface area contributed by atoms with Gasteiger partial charge in [0.25, 0.3) is 0 Å². The maximum absolute atomic E-state index is 14.1. The van der Waals surface area contributed by atoms with Gasteiger partial charge in [0.05, 0.1) is 12.8 Å². The molecule has 2 aromatic carbocycles. The Hall–Kier alpha value is -2.45. The molecular weight excluding hydrogens is 419 g/mol. The van der Waals surface area contributed by atoms with Gasteiger partial charge in [-0.05, 0) is 61.9 Å². The number of hydrogen-bond donors (Lipinski definition) is 0. The highest BCUT2D eigenvalue weighted by Crippen LogP contribution is 2.39. The molecule has 0 aromatic heterocycles. The summed E-state index contributed by atoms with van der Waals surface area (Å²) in [5, 5.41) is 0. The summed E-state index contributed by atoms with van der Waals surface area (Å²) >= 11 is 0. The van der Waals surface area contributed by atoms with Crippen LogP contribution < -0.4 is 9.64 Å². The number of piperidine rings is 1. The third-order valence-electron chi connectivity index (χ3n) is 6.30. The van der Waals surface area contributed by atoms with E-state index in [4.69, 9.17) is 4.74 Å². The first-order valence-electron chi connectivity index (χ1n) is 10.6. The molecule has 1 amide bonds. The Morgan fingerprint density at radius 3 is 2.48 bits per heavy atom. The number of benzene rings is 2. The van der Waals surface area contributed by atoms with Crippen molar-refractivity contribution in [2.24, 2.45) is 5.92 Å². The lowest BCUT2D eigenvalue weighted by molar-refractivity contribution is -0.123. The second-order valence-corrected chi connectivity index (χ2v) is 10.0. The van der Waals surface area contributed by atoms with Crippen LogP contribution >= 0.6 is 0 Å². The number of carbonyl (C=O) groups is 1. The Bertz CT molecular complexity index is 1090. The van der Waals surface area contributed by atoms with E-state index >= 15 is 0 Å². The van der Waals surface area contributed by atoms with Crippen LogP contribution in [-0.2, 0) is 21.2 Å². The van der Waals surface area contributed by atoms with Crippen LogP contribution in [0.25, 0.3) is 0 Å². The third-order valence-corrected chi connectivity index (χ3v) is 8.23. The van der Waals surface area contributed by atoms with Crippen molar-refractivity contribution in [2.45, 2.75) is 37.5 Å². The second kappa shape index (κ2) is 8.59. The first-order chi connectivity index (χ1) is 14.8. The molecule has 4 rings (SSSR count). The fourth-order valence-electron chi connectivity index (χ4n) is 4.59. The molecule has 0 radical (unpaired) electrons. The van der Waals surface area contributed by atoms with Gasteiger partial charge in [-0.15, -0.1) is 0 Å². The number of nitrogens with zero attached hydrogens (tertiary/aromatic N) is 2. The van der Waals surface area contributed by atoms with Gasteiger partial charge in [-0.25, -0.2) is 12.8 Å². The lowest BCUT2D eigenvalue weighted by atomic mass is 9.92. The van der Waals surface area contributed by atoms with Crippen molar-refractivity contribution in [2.75, 3.05) is 31.6 Å². The highest BCUT2D eigenvalue weighted by molar-refractivity contribution is 7.89. The van der Waals surface area contributed by atoms with Gasteiger partial charge in [0.15, 0.2) is 0 Å². The molecule has 0 bridgehead atoms. The minimum absolute atomic E-state index is 0.00721. The van der Waals surface area contributed by atoms with Gasteiger partial charge in [0, 0.05) is 25.6 Å². The number of rotatable bonds is 4. The van der Waals surface area contributed by atoms with Crippen molar-refractivity contribution in [3.63, 3.8) is 0 Å². The van der Waals surface area contributed by atoms with Crippen LogP contribution in [0.2, 0.25) is 0 Å². The van der Waals surface area contributed by atoms with Gasteiger partial charge in [0.2, 0.25) is 15.9 Å². The van der Waals surface area contributed by atoms with E-state index < -0.39 is 15.8 Å². The van der Waals surface area contributed by atoms with Gasteiger partial charge in [-0.1, -0.05) is 18.2 Å². The molecule has 0 unspecified atom stereocenters. The van der Waals surface area contributed by atoms with Crippen molar-refractivity contribution >= 4 is 21.6 Å². The van der Waals surface area contributed by atoms with Crippen molar-refractivity contribution in [1.29, 1.82) is 0 Å². The van der Waals surface area contributed by atoms with Crippen LogP contribution in [0.15, 0.2) is 41.3 Å². The topological polar surface area (TPSA) is 66.9 Å². The average Bonchev–Trinajstić information content (AvgIpc) is 2.79. The number of methoxy groups -OCH3 is 1. The monoisotopic (exact) mass is 446 g/mol. The van der Waals surface area contributed by atoms with Crippen LogP contribution in [-0.4, -0.2) is 45.4 Å². The summed E-state index contributed by atoms with van der Waals surface area (Å²) in [6.07, 6.45) is 2.60. The first-order valence-corrected chi connectivity index (χ1v) is 12.0. The predicted molar refractivity (Wildman–Crippen MR) is 116 cm³/mol. The Morgan fingerprint density at radius 1 is 1.10 bits per heavy atom. The molecule has 166 valence electrons. The normalized spacial score (nSPS) is 18.0. The van der Waals surface area contributed by atoms with E-state index in [2.05, 4.69) is 0 Å². The van der Waals surface area contributed by atoms with Crippen molar-refractivity contribution in [3.05, 3.63) is 53.3 Å². The van der Waals surface area contributed by atoms with E-state index in [9.17, 15) is 17.6 Å². The summed E-state index contributed by atoms with van der Waals surface area (Å²) in [7, 11) is -2.31.